The van der Waals surface area contributed by atoms with E-state index in [2.05, 4.69) is 15.7 Å². The minimum absolute atomic E-state index is 0.0563. The third-order valence-corrected chi connectivity index (χ3v) is 2.71. The zero-order chi connectivity index (χ0) is 13.5. The Bertz CT molecular complexity index is 399. The molecule has 1 rings (SSSR count). The molecule has 0 radical (unpaired) electrons. The first-order valence-electron chi connectivity index (χ1n) is 6.42. The van der Waals surface area contributed by atoms with Gasteiger partial charge in [0.15, 0.2) is 0 Å². The van der Waals surface area contributed by atoms with Crippen LogP contribution in [-0.4, -0.2) is 28.8 Å². The largest absolute Gasteiger partial charge is 0.394 e. The Morgan fingerprint density at radius 1 is 1.39 bits per heavy atom. The first-order chi connectivity index (χ1) is 8.60. The number of carbonyl (C=O) groups is 1. The van der Waals surface area contributed by atoms with Gasteiger partial charge in [-0.2, -0.15) is 5.10 Å². The number of amides is 1. The lowest BCUT2D eigenvalue weighted by molar-refractivity contribution is -0.120. The molecule has 0 atom stereocenters. The normalized spacial score (nSPS) is 10.4. The highest BCUT2D eigenvalue weighted by Crippen LogP contribution is 2.21. The van der Waals surface area contributed by atoms with Crippen LogP contribution in [0, 0.1) is 0 Å². The van der Waals surface area contributed by atoms with Crippen LogP contribution in [0.2, 0.25) is 0 Å². The fraction of sp³-hybridized carbons (Fsp3) is 0.667. The molecule has 0 aliphatic heterocycles. The van der Waals surface area contributed by atoms with Crippen molar-refractivity contribution in [3.05, 3.63) is 5.69 Å². The van der Waals surface area contributed by atoms with Gasteiger partial charge < -0.3 is 16.4 Å². The Morgan fingerprint density at radius 3 is 2.67 bits per heavy atom. The molecule has 6 heteroatoms. The first-order valence-corrected chi connectivity index (χ1v) is 6.42. The molecule has 0 fully saturated rings. The van der Waals surface area contributed by atoms with E-state index >= 15 is 0 Å². The summed E-state index contributed by atoms with van der Waals surface area (Å²) in [5, 5.41) is 10.3. The van der Waals surface area contributed by atoms with E-state index in [4.69, 9.17) is 5.73 Å². The van der Waals surface area contributed by atoms with Gasteiger partial charge in [0, 0.05) is 26.6 Å². The van der Waals surface area contributed by atoms with Crippen molar-refractivity contribution in [2.24, 2.45) is 7.05 Å². The van der Waals surface area contributed by atoms with Gasteiger partial charge >= 0.3 is 0 Å². The SMILES string of the molecule is CCCNC(=O)CCNc1c(N)c(CC)nn1C. The van der Waals surface area contributed by atoms with Gasteiger partial charge in [-0.3, -0.25) is 9.48 Å². The van der Waals surface area contributed by atoms with Crippen LogP contribution >= 0.6 is 0 Å². The quantitative estimate of drug-likeness (QED) is 0.674. The van der Waals surface area contributed by atoms with Crippen molar-refractivity contribution in [1.29, 1.82) is 0 Å². The van der Waals surface area contributed by atoms with Gasteiger partial charge in [-0.15, -0.1) is 0 Å². The summed E-state index contributed by atoms with van der Waals surface area (Å²) in [5.74, 6) is 0.843. The van der Waals surface area contributed by atoms with E-state index in [1.807, 2.05) is 20.9 Å². The van der Waals surface area contributed by atoms with E-state index in [-0.39, 0.29) is 5.91 Å². The van der Waals surface area contributed by atoms with E-state index in [0.29, 0.717) is 18.7 Å². The van der Waals surface area contributed by atoms with Crippen molar-refractivity contribution in [1.82, 2.24) is 15.1 Å². The summed E-state index contributed by atoms with van der Waals surface area (Å²) in [5.41, 5.74) is 7.53. The third-order valence-electron chi connectivity index (χ3n) is 2.71. The lowest BCUT2D eigenvalue weighted by atomic mass is 10.3. The molecule has 0 aliphatic carbocycles. The number of anilines is 2. The zero-order valence-corrected chi connectivity index (χ0v) is 11.4. The summed E-state index contributed by atoms with van der Waals surface area (Å²) in [6.07, 6.45) is 2.19. The molecule has 0 unspecified atom stereocenters. The van der Waals surface area contributed by atoms with E-state index in [1.165, 1.54) is 0 Å². The molecule has 18 heavy (non-hydrogen) atoms. The van der Waals surface area contributed by atoms with Crippen LogP contribution in [0.4, 0.5) is 11.5 Å². The molecular formula is C12H23N5O. The Balaban J connectivity index is 2.44. The molecule has 0 spiro atoms. The molecule has 4 N–H and O–H groups in total. The van der Waals surface area contributed by atoms with Gasteiger partial charge in [-0.1, -0.05) is 13.8 Å². The van der Waals surface area contributed by atoms with Crippen LogP contribution < -0.4 is 16.4 Å². The van der Waals surface area contributed by atoms with Gasteiger partial charge in [-0.25, -0.2) is 0 Å². The Hall–Kier alpha value is -1.72. The fourth-order valence-electron chi connectivity index (χ4n) is 1.71. The second-order valence-corrected chi connectivity index (χ2v) is 4.21. The monoisotopic (exact) mass is 253 g/mol. The zero-order valence-electron chi connectivity index (χ0n) is 11.4. The number of nitrogen functional groups attached to an aromatic ring is 1. The second kappa shape index (κ2) is 6.88. The van der Waals surface area contributed by atoms with E-state index in [9.17, 15) is 4.79 Å². The van der Waals surface area contributed by atoms with E-state index in [1.54, 1.807) is 4.68 Å². The lowest BCUT2D eigenvalue weighted by Gasteiger charge is -2.08. The van der Waals surface area contributed by atoms with Crippen LogP contribution in [0.3, 0.4) is 0 Å². The van der Waals surface area contributed by atoms with Crippen LogP contribution in [0.15, 0.2) is 0 Å². The number of nitrogens with one attached hydrogen (secondary N) is 2. The number of aromatic nitrogens is 2. The van der Waals surface area contributed by atoms with Gasteiger partial charge in [0.2, 0.25) is 5.91 Å². The van der Waals surface area contributed by atoms with Crippen molar-refractivity contribution in [2.45, 2.75) is 33.1 Å². The smallest absolute Gasteiger partial charge is 0.221 e. The van der Waals surface area contributed by atoms with Gasteiger partial charge in [0.05, 0.1) is 11.4 Å². The summed E-state index contributed by atoms with van der Waals surface area (Å²) in [4.78, 5) is 11.4. The predicted molar refractivity (Wildman–Crippen MR) is 73.4 cm³/mol. The van der Waals surface area contributed by atoms with Crippen LogP contribution in [-0.2, 0) is 18.3 Å². The van der Waals surface area contributed by atoms with Crippen molar-refractivity contribution in [2.75, 3.05) is 24.1 Å². The standard InChI is InChI=1S/C12H23N5O/c1-4-7-14-10(18)6-8-15-12-11(13)9(5-2)16-17(12)3/h15H,4-8,13H2,1-3H3,(H,14,18). The number of nitrogens with two attached hydrogens (primary N) is 1. The highest BCUT2D eigenvalue weighted by Gasteiger charge is 2.11. The highest BCUT2D eigenvalue weighted by atomic mass is 16.1. The maximum Gasteiger partial charge on any atom is 0.221 e. The molecule has 1 aromatic heterocycles. The average Bonchev–Trinajstić information content (AvgIpc) is 2.63. The van der Waals surface area contributed by atoms with E-state index < -0.39 is 0 Å². The number of rotatable bonds is 7. The van der Waals surface area contributed by atoms with E-state index in [0.717, 1.165) is 30.9 Å². The third kappa shape index (κ3) is 3.65. The number of carbonyl (C=O) groups excluding carboxylic acids is 1. The van der Waals surface area contributed by atoms with Crippen LogP contribution in [0.1, 0.15) is 32.4 Å². The van der Waals surface area contributed by atoms with Crippen molar-refractivity contribution < 1.29 is 4.79 Å². The summed E-state index contributed by atoms with van der Waals surface area (Å²) in [6, 6.07) is 0. The number of nitrogens with zero attached hydrogens (tertiary/aromatic N) is 2. The Morgan fingerprint density at radius 2 is 2.11 bits per heavy atom. The summed E-state index contributed by atoms with van der Waals surface area (Å²) < 4.78 is 1.72. The second-order valence-electron chi connectivity index (χ2n) is 4.21. The van der Waals surface area contributed by atoms with Crippen molar-refractivity contribution in [3.8, 4) is 0 Å². The van der Waals surface area contributed by atoms with Crippen LogP contribution in [0.25, 0.3) is 0 Å². The molecule has 102 valence electrons. The highest BCUT2D eigenvalue weighted by molar-refractivity contribution is 5.76. The minimum atomic E-state index is 0.0563. The topological polar surface area (TPSA) is 85.0 Å². The molecule has 1 aromatic rings. The molecule has 1 amide bonds. The molecule has 1 heterocycles. The summed E-state index contributed by atoms with van der Waals surface area (Å²) >= 11 is 0. The number of hydrogen-bond donors (Lipinski definition) is 3. The molecule has 0 saturated heterocycles. The maximum atomic E-state index is 11.4. The van der Waals surface area contributed by atoms with Crippen molar-refractivity contribution in [3.63, 3.8) is 0 Å². The molecule has 6 nitrogen and oxygen atoms in total. The van der Waals surface area contributed by atoms with Gasteiger partial charge in [0.1, 0.15) is 5.82 Å². The van der Waals surface area contributed by atoms with Crippen molar-refractivity contribution >= 4 is 17.4 Å². The molecular weight excluding hydrogens is 230 g/mol. The molecule has 0 aliphatic rings. The average molecular weight is 253 g/mol. The molecule has 0 saturated carbocycles. The Kier molecular flexibility index (Phi) is 5.48. The fourth-order valence-corrected chi connectivity index (χ4v) is 1.71. The maximum absolute atomic E-state index is 11.4. The predicted octanol–water partition coefficient (Wildman–Crippen LogP) is 0.893. The molecule has 0 bridgehead atoms. The lowest BCUT2D eigenvalue weighted by Crippen LogP contribution is -2.26. The van der Waals surface area contributed by atoms with Crippen LogP contribution in [0.5, 0.6) is 0 Å². The minimum Gasteiger partial charge on any atom is -0.394 e. The van der Waals surface area contributed by atoms with Gasteiger partial charge in [0.25, 0.3) is 0 Å². The van der Waals surface area contributed by atoms with Gasteiger partial charge in [-0.05, 0) is 12.8 Å². The molecule has 0 aromatic carbocycles. The number of aryl methyl sites for hydroxylation is 2. The summed E-state index contributed by atoms with van der Waals surface area (Å²) in [7, 11) is 1.84. The number of hydrogen-bond acceptors (Lipinski definition) is 4. The summed E-state index contributed by atoms with van der Waals surface area (Å²) in [6.45, 7) is 5.33. The Labute approximate surface area is 108 Å². The first kappa shape index (κ1) is 14.3.